The molecule has 0 radical (unpaired) electrons. The molecule has 0 spiro atoms. The highest BCUT2D eigenvalue weighted by Gasteiger charge is 2.24. The number of esters is 1. The van der Waals surface area contributed by atoms with Crippen molar-refractivity contribution in [1.82, 2.24) is 15.0 Å². The zero-order valence-electron chi connectivity index (χ0n) is 11.1. The van der Waals surface area contributed by atoms with E-state index in [2.05, 4.69) is 15.6 Å². The Morgan fingerprint density at radius 2 is 2.20 bits per heavy atom. The van der Waals surface area contributed by atoms with Crippen LogP contribution in [0.1, 0.15) is 11.7 Å². The summed E-state index contributed by atoms with van der Waals surface area (Å²) in [7, 11) is 1.32. The lowest BCUT2D eigenvalue weighted by atomic mass is 10.2. The molecule has 7 heteroatoms. The van der Waals surface area contributed by atoms with Gasteiger partial charge in [0.05, 0.1) is 26.5 Å². The van der Waals surface area contributed by atoms with Gasteiger partial charge < -0.3 is 15.2 Å². The Bertz CT molecular complexity index is 556. The van der Waals surface area contributed by atoms with Crippen molar-refractivity contribution in [2.24, 2.45) is 0 Å². The first-order valence-corrected chi connectivity index (χ1v) is 6.15. The first-order chi connectivity index (χ1) is 9.74. The Kier molecular flexibility index (Phi) is 4.67. The molecule has 2 rings (SSSR count). The molecule has 0 bridgehead atoms. The van der Waals surface area contributed by atoms with Gasteiger partial charge in [-0.15, -0.1) is 5.10 Å². The van der Waals surface area contributed by atoms with E-state index in [-0.39, 0.29) is 6.61 Å². The maximum absolute atomic E-state index is 11.9. The van der Waals surface area contributed by atoms with Gasteiger partial charge >= 0.3 is 5.97 Å². The number of anilines is 1. The van der Waals surface area contributed by atoms with Crippen LogP contribution in [-0.4, -0.2) is 39.8 Å². The van der Waals surface area contributed by atoms with Gasteiger partial charge in [0, 0.05) is 5.69 Å². The van der Waals surface area contributed by atoms with Gasteiger partial charge in [0.25, 0.3) is 0 Å². The van der Waals surface area contributed by atoms with Crippen LogP contribution >= 0.6 is 0 Å². The van der Waals surface area contributed by atoms with Crippen LogP contribution in [0.5, 0.6) is 0 Å². The van der Waals surface area contributed by atoms with Crippen LogP contribution < -0.4 is 5.32 Å². The molecular weight excluding hydrogens is 260 g/mol. The molecule has 1 aromatic carbocycles. The normalized spacial score (nSPS) is 11.9. The Labute approximate surface area is 116 Å². The number of nitrogens with zero attached hydrogens (tertiary/aromatic N) is 3. The van der Waals surface area contributed by atoms with Crippen molar-refractivity contribution in [2.75, 3.05) is 19.0 Å². The van der Waals surface area contributed by atoms with E-state index in [4.69, 9.17) is 9.84 Å². The average molecular weight is 276 g/mol. The third-order valence-corrected chi connectivity index (χ3v) is 2.70. The van der Waals surface area contributed by atoms with Crippen LogP contribution in [0.2, 0.25) is 0 Å². The SMILES string of the molecule is COC(=O)C(Nc1ccccc1)c1cn(CCO)nn1. The van der Waals surface area contributed by atoms with Crippen molar-refractivity contribution in [3.63, 3.8) is 0 Å². The van der Waals surface area contributed by atoms with Crippen molar-refractivity contribution in [1.29, 1.82) is 0 Å². The fraction of sp³-hybridized carbons (Fsp3) is 0.308. The predicted octanol–water partition coefficient (Wildman–Crippen LogP) is 0.597. The quantitative estimate of drug-likeness (QED) is 0.751. The number of rotatable bonds is 6. The van der Waals surface area contributed by atoms with Crippen molar-refractivity contribution in [2.45, 2.75) is 12.6 Å². The molecule has 1 heterocycles. The summed E-state index contributed by atoms with van der Waals surface area (Å²) >= 11 is 0. The molecule has 1 unspecified atom stereocenters. The minimum absolute atomic E-state index is 0.0438. The predicted molar refractivity (Wildman–Crippen MR) is 71.9 cm³/mol. The first-order valence-electron chi connectivity index (χ1n) is 6.15. The highest BCUT2D eigenvalue weighted by Crippen LogP contribution is 2.18. The number of aliphatic hydroxyl groups excluding tert-OH is 1. The molecule has 20 heavy (non-hydrogen) atoms. The lowest BCUT2D eigenvalue weighted by molar-refractivity contribution is -0.141. The number of nitrogens with one attached hydrogen (secondary N) is 1. The standard InChI is InChI=1S/C13H16N4O3/c1-20-13(19)12(14-10-5-3-2-4-6-10)11-9-17(7-8-18)16-15-11/h2-6,9,12,14,18H,7-8H2,1H3. The smallest absolute Gasteiger partial charge is 0.334 e. The van der Waals surface area contributed by atoms with Crippen molar-refractivity contribution in [3.8, 4) is 0 Å². The molecule has 0 aliphatic heterocycles. The number of hydrogen-bond donors (Lipinski definition) is 2. The molecule has 7 nitrogen and oxygen atoms in total. The molecule has 1 atom stereocenters. The fourth-order valence-electron chi connectivity index (χ4n) is 1.73. The van der Waals surface area contributed by atoms with Gasteiger partial charge in [0.15, 0.2) is 6.04 Å². The highest BCUT2D eigenvalue weighted by atomic mass is 16.5. The van der Waals surface area contributed by atoms with Crippen LogP contribution in [-0.2, 0) is 16.1 Å². The number of benzene rings is 1. The van der Waals surface area contributed by atoms with Gasteiger partial charge in [0.2, 0.25) is 0 Å². The molecule has 0 aliphatic carbocycles. The molecule has 2 N–H and O–H groups in total. The molecule has 0 fully saturated rings. The number of aromatic nitrogens is 3. The Balaban J connectivity index is 2.20. The molecule has 0 saturated carbocycles. The molecular formula is C13H16N4O3. The maximum Gasteiger partial charge on any atom is 0.334 e. The average Bonchev–Trinajstić information content (AvgIpc) is 2.94. The van der Waals surface area contributed by atoms with Crippen molar-refractivity contribution < 1.29 is 14.6 Å². The summed E-state index contributed by atoms with van der Waals surface area (Å²) in [5.74, 6) is -0.454. The number of para-hydroxylation sites is 1. The number of carbonyl (C=O) groups is 1. The van der Waals surface area contributed by atoms with Crippen LogP contribution in [0.4, 0.5) is 5.69 Å². The number of methoxy groups -OCH3 is 1. The van der Waals surface area contributed by atoms with Gasteiger partial charge in [-0.3, -0.25) is 0 Å². The maximum atomic E-state index is 11.9. The summed E-state index contributed by atoms with van der Waals surface area (Å²) in [5, 5.41) is 19.7. The first kappa shape index (κ1) is 14.0. The Morgan fingerprint density at radius 3 is 2.85 bits per heavy atom. The van der Waals surface area contributed by atoms with Gasteiger partial charge in [-0.25, -0.2) is 9.48 Å². The van der Waals surface area contributed by atoms with E-state index in [1.165, 1.54) is 11.8 Å². The number of ether oxygens (including phenoxy) is 1. The second-order valence-electron chi connectivity index (χ2n) is 4.10. The van der Waals surface area contributed by atoms with Gasteiger partial charge in [-0.2, -0.15) is 0 Å². The second kappa shape index (κ2) is 6.67. The van der Waals surface area contributed by atoms with E-state index >= 15 is 0 Å². The van der Waals surface area contributed by atoms with Gasteiger partial charge in [0.1, 0.15) is 5.69 Å². The third-order valence-electron chi connectivity index (χ3n) is 2.70. The monoisotopic (exact) mass is 276 g/mol. The van der Waals surface area contributed by atoms with Crippen molar-refractivity contribution in [3.05, 3.63) is 42.2 Å². The molecule has 1 aromatic heterocycles. The number of carbonyl (C=O) groups excluding carboxylic acids is 1. The topological polar surface area (TPSA) is 89.3 Å². The lowest BCUT2D eigenvalue weighted by Crippen LogP contribution is -2.22. The summed E-state index contributed by atoms with van der Waals surface area (Å²) < 4.78 is 6.25. The van der Waals surface area contributed by atoms with Crippen molar-refractivity contribution >= 4 is 11.7 Å². The lowest BCUT2D eigenvalue weighted by Gasteiger charge is -2.15. The van der Waals surface area contributed by atoms with E-state index in [9.17, 15) is 4.79 Å². The fourth-order valence-corrected chi connectivity index (χ4v) is 1.73. The Morgan fingerprint density at radius 1 is 1.45 bits per heavy atom. The van der Waals surface area contributed by atoms with Crippen LogP contribution in [0.15, 0.2) is 36.5 Å². The van der Waals surface area contributed by atoms with Crippen LogP contribution in [0, 0.1) is 0 Å². The zero-order valence-corrected chi connectivity index (χ0v) is 11.1. The van der Waals surface area contributed by atoms with E-state index in [1.807, 2.05) is 30.3 Å². The second-order valence-corrected chi connectivity index (χ2v) is 4.10. The summed E-state index contributed by atoms with van der Waals surface area (Å²) in [4.78, 5) is 11.9. The van der Waals surface area contributed by atoms with E-state index in [0.29, 0.717) is 12.2 Å². The Hall–Kier alpha value is -2.41. The molecule has 0 amide bonds. The summed E-state index contributed by atoms with van der Waals surface area (Å²) in [6.45, 7) is 0.282. The van der Waals surface area contributed by atoms with E-state index < -0.39 is 12.0 Å². The van der Waals surface area contributed by atoms with Gasteiger partial charge in [-0.05, 0) is 12.1 Å². The molecule has 2 aromatic rings. The number of hydrogen-bond acceptors (Lipinski definition) is 6. The zero-order chi connectivity index (χ0) is 14.4. The number of aliphatic hydroxyl groups is 1. The van der Waals surface area contributed by atoms with Gasteiger partial charge in [-0.1, -0.05) is 23.4 Å². The highest BCUT2D eigenvalue weighted by molar-refractivity contribution is 5.80. The summed E-state index contributed by atoms with van der Waals surface area (Å²) in [6, 6.07) is 8.55. The molecule has 106 valence electrons. The third kappa shape index (κ3) is 3.33. The molecule has 0 saturated heterocycles. The van der Waals surface area contributed by atoms with E-state index in [0.717, 1.165) is 5.69 Å². The van der Waals surface area contributed by atoms with Crippen LogP contribution in [0.3, 0.4) is 0 Å². The summed E-state index contributed by atoms with van der Waals surface area (Å²) in [5.41, 5.74) is 1.22. The summed E-state index contributed by atoms with van der Waals surface area (Å²) in [6.07, 6.45) is 1.60. The van der Waals surface area contributed by atoms with Crippen LogP contribution in [0.25, 0.3) is 0 Å². The minimum atomic E-state index is -0.741. The largest absolute Gasteiger partial charge is 0.467 e. The minimum Gasteiger partial charge on any atom is -0.467 e. The van der Waals surface area contributed by atoms with E-state index in [1.54, 1.807) is 6.20 Å². The molecule has 0 aliphatic rings.